The van der Waals surface area contributed by atoms with Gasteiger partial charge in [-0.05, 0) is 64.8 Å². The average molecular weight is 640 g/mol. The maximum atomic E-state index is 14.5. The molecule has 0 saturated carbocycles. The number of carbonyl (C=O) groups excluding carboxylic acids is 2. The van der Waals surface area contributed by atoms with E-state index in [1.807, 2.05) is 30.3 Å². The van der Waals surface area contributed by atoms with Gasteiger partial charge < -0.3 is 23.8 Å². The Hall–Kier alpha value is -4.78. The van der Waals surface area contributed by atoms with Crippen molar-refractivity contribution in [2.75, 3.05) is 13.2 Å². The highest BCUT2D eigenvalue weighted by atomic mass is 32.1. The van der Waals surface area contributed by atoms with Crippen LogP contribution in [0.3, 0.4) is 0 Å². The van der Waals surface area contributed by atoms with Crippen molar-refractivity contribution in [2.45, 2.75) is 59.3 Å². The largest absolute Gasteiger partial charge is 0.508 e. The zero-order valence-electron chi connectivity index (χ0n) is 25.8. The van der Waals surface area contributed by atoms with E-state index >= 15 is 0 Å². The predicted octanol–water partition coefficient (Wildman–Crippen LogP) is 8.49. The quantitative estimate of drug-likeness (QED) is 0.100. The number of non-ortho nitro benzene ring substituents is 1. The van der Waals surface area contributed by atoms with Gasteiger partial charge in [0.05, 0.1) is 27.8 Å². The van der Waals surface area contributed by atoms with Gasteiger partial charge in [-0.15, -0.1) is 11.3 Å². The van der Waals surface area contributed by atoms with Gasteiger partial charge in [0.2, 0.25) is 0 Å². The molecule has 4 aromatic rings. The molecule has 0 unspecified atom stereocenters. The number of ether oxygens (including phenoxy) is 4. The van der Waals surface area contributed by atoms with Crippen molar-refractivity contribution >= 4 is 39.5 Å². The molecule has 0 fully saturated rings. The third kappa shape index (κ3) is 9.35. The van der Waals surface area contributed by atoms with Crippen LogP contribution in [0.4, 0.5) is 19.7 Å². The summed E-state index contributed by atoms with van der Waals surface area (Å²) in [6.45, 7) is 10.7. The number of carbonyl (C=O) groups is 2. The first-order valence-electron chi connectivity index (χ1n) is 14.0. The minimum absolute atomic E-state index is 0.0742. The first kappa shape index (κ1) is 33.1. The van der Waals surface area contributed by atoms with Crippen LogP contribution in [0.1, 0.15) is 47.1 Å². The fraction of sp³-hybridized carbons (Fsp3) is 0.344. The van der Waals surface area contributed by atoms with E-state index in [2.05, 4.69) is 4.98 Å². The van der Waals surface area contributed by atoms with E-state index in [4.69, 9.17) is 18.9 Å². The van der Waals surface area contributed by atoms with Gasteiger partial charge in [0, 0.05) is 29.8 Å². The zero-order valence-corrected chi connectivity index (χ0v) is 26.6. The Balaban J connectivity index is 1.49. The van der Waals surface area contributed by atoms with E-state index in [-0.39, 0.29) is 31.1 Å². The second-order valence-corrected chi connectivity index (χ2v) is 13.1. The molecule has 0 atom stereocenters. The molecule has 13 heteroatoms. The lowest BCUT2D eigenvalue weighted by atomic mass is 10.1. The third-order valence-electron chi connectivity index (χ3n) is 5.96. The van der Waals surface area contributed by atoms with Crippen molar-refractivity contribution in [3.8, 4) is 21.9 Å². The second kappa shape index (κ2) is 13.5. The Kier molecular flexibility index (Phi) is 9.91. The van der Waals surface area contributed by atoms with E-state index in [1.54, 1.807) is 53.8 Å². The Morgan fingerprint density at radius 2 is 1.64 bits per heavy atom. The Morgan fingerprint density at radius 1 is 0.956 bits per heavy atom. The van der Waals surface area contributed by atoms with Crippen LogP contribution in [-0.2, 0) is 20.8 Å². The number of pyridine rings is 1. The number of amides is 1. The Morgan fingerprint density at radius 3 is 2.27 bits per heavy atom. The molecule has 0 aliphatic rings. The molecule has 2 aromatic heterocycles. The third-order valence-corrected chi connectivity index (χ3v) is 7.14. The summed E-state index contributed by atoms with van der Waals surface area (Å²) in [4.78, 5) is 41.9. The monoisotopic (exact) mass is 639 g/mol. The van der Waals surface area contributed by atoms with Crippen LogP contribution < -0.4 is 4.74 Å². The Labute approximate surface area is 263 Å². The van der Waals surface area contributed by atoms with E-state index < -0.39 is 34.2 Å². The number of thiophene rings is 1. The van der Waals surface area contributed by atoms with Gasteiger partial charge in [0.15, 0.2) is 11.6 Å². The molecule has 0 N–H and O–H groups in total. The molecule has 0 spiro atoms. The summed E-state index contributed by atoms with van der Waals surface area (Å²) in [5.74, 6) is -0.626. The molecule has 11 nitrogen and oxygen atoms in total. The summed E-state index contributed by atoms with van der Waals surface area (Å²) >= 11 is 1.40. The van der Waals surface area contributed by atoms with Gasteiger partial charge in [-0.25, -0.2) is 14.0 Å². The minimum atomic E-state index is -0.849. The fourth-order valence-corrected chi connectivity index (χ4v) is 5.09. The van der Waals surface area contributed by atoms with E-state index in [9.17, 15) is 24.1 Å². The number of hydrogen-bond acceptors (Lipinski definition) is 10. The lowest BCUT2D eigenvalue weighted by Crippen LogP contribution is -2.38. The molecule has 45 heavy (non-hydrogen) atoms. The smallest absolute Gasteiger partial charge is 0.453 e. The summed E-state index contributed by atoms with van der Waals surface area (Å²) in [7, 11) is 0. The van der Waals surface area contributed by atoms with Crippen LogP contribution in [0, 0.1) is 15.9 Å². The lowest BCUT2D eigenvalue weighted by molar-refractivity contribution is -0.385. The average Bonchev–Trinajstić information content (AvgIpc) is 3.37. The van der Waals surface area contributed by atoms with Crippen molar-refractivity contribution < 1.29 is 37.9 Å². The Bertz CT molecular complexity index is 1690. The maximum absolute atomic E-state index is 14.5. The SMILES string of the molecule is CC(C)(C)OC(=O)OCCN(Cc1ccc(-c2cc3nccc(Oc4ccc([N+](=O)[O-])cc4F)c3s2)cc1)C(=O)OC(C)(C)C. The van der Waals surface area contributed by atoms with Gasteiger partial charge in [0.25, 0.3) is 5.69 Å². The molecule has 0 saturated heterocycles. The number of aromatic nitrogens is 1. The molecular weight excluding hydrogens is 605 g/mol. The molecular formula is C32H34FN3O8S. The molecule has 0 bridgehead atoms. The molecule has 0 aliphatic heterocycles. The number of nitro groups is 1. The highest BCUT2D eigenvalue weighted by Crippen LogP contribution is 2.40. The molecule has 238 valence electrons. The van der Waals surface area contributed by atoms with Gasteiger partial charge in [-0.1, -0.05) is 24.3 Å². The van der Waals surface area contributed by atoms with Crippen LogP contribution in [0.15, 0.2) is 60.8 Å². The number of benzene rings is 2. The highest BCUT2D eigenvalue weighted by molar-refractivity contribution is 7.22. The topological polar surface area (TPSA) is 130 Å². The maximum Gasteiger partial charge on any atom is 0.508 e. The van der Waals surface area contributed by atoms with Crippen LogP contribution in [0.25, 0.3) is 20.7 Å². The van der Waals surface area contributed by atoms with Gasteiger partial charge >= 0.3 is 12.2 Å². The summed E-state index contributed by atoms with van der Waals surface area (Å²) in [5.41, 5.74) is 0.552. The van der Waals surface area contributed by atoms with E-state index in [1.165, 1.54) is 28.4 Å². The van der Waals surface area contributed by atoms with Crippen molar-refractivity contribution in [3.63, 3.8) is 0 Å². The van der Waals surface area contributed by atoms with Gasteiger partial charge in [-0.2, -0.15) is 0 Å². The molecule has 0 aliphatic carbocycles. The van der Waals surface area contributed by atoms with E-state index in [0.717, 1.165) is 22.1 Å². The number of fused-ring (bicyclic) bond motifs is 1. The van der Waals surface area contributed by atoms with Crippen LogP contribution in [0.2, 0.25) is 0 Å². The predicted molar refractivity (Wildman–Crippen MR) is 167 cm³/mol. The van der Waals surface area contributed by atoms with Crippen molar-refractivity contribution in [2.24, 2.45) is 0 Å². The fourth-order valence-electron chi connectivity index (χ4n) is 4.02. The summed E-state index contributed by atoms with van der Waals surface area (Å²) in [5, 5.41) is 10.9. The second-order valence-electron chi connectivity index (χ2n) is 12.0. The first-order chi connectivity index (χ1) is 21.1. The number of halogens is 1. The zero-order chi connectivity index (χ0) is 32.9. The molecule has 0 radical (unpaired) electrons. The van der Waals surface area contributed by atoms with E-state index in [0.29, 0.717) is 16.0 Å². The number of rotatable bonds is 9. The molecule has 4 rings (SSSR count). The number of hydrogen-bond donors (Lipinski definition) is 0. The van der Waals surface area contributed by atoms with Crippen LogP contribution in [0.5, 0.6) is 11.5 Å². The summed E-state index contributed by atoms with van der Waals surface area (Å²) in [6, 6.07) is 14.3. The molecule has 1 amide bonds. The van der Waals surface area contributed by atoms with Crippen molar-refractivity contribution in [1.82, 2.24) is 9.88 Å². The minimum Gasteiger partial charge on any atom is -0.453 e. The van der Waals surface area contributed by atoms with Gasteiger partial charge in [0.1, 0.15) is 23.6 Å². The molecule has 2 aromatic carbocycles. The summed E-state index contributed by atoms with van der Waals surface area (Å²) < 4.78 is 36.8. The van der Waals surface area contributed by atoms with Gasteiger partial charge in [-0.3, -0.25) is 15.1 Å². The highest BCUT2D eigenvalue weighted by Gasteiger charge is 2.24. The normalized spacial score (nSPS) is 11.6. The number of nitrogens with zero attached hydrogens (tertiary/aromatic N) is 3. The number of nitro benzene ring substituents is 1. The summed E-state index contributed by atoms with van der Waals surface area (Å²) in [6.07, 6.45) is 0.172. The van der Waals surface area contributed by atoms with Crippen LogP contribution >= 0.6 is 11.3 Å². The standard InChI is InChI=1S/C32H34FN3O8S/c1-31(2,3)43-29(37)35(15-16-41-30(38)44-32(4,5)6)19-20-7-9-21(10-8-20)27-18-24-28(45-27)26(13-14-34-24)42-25-12-11-22(36(39)40)17-23(25)33/h7-14,17-18H,15-16,19H2,1-6H3. The lowest BCUT2D eigenvalue weighted by Gasteiger charge is -2.27. The van der Waals surface area contributed by atoms with Crippen LogP contribution in [-0.4, -0.2) is 51.4 Å². The van der Waals surface area contributed by atoms with Crippen molar-refractivity contribution in [3.05, 3.63) is 82.3 Å². The van der Waals surface area contributed by atoms with Crippen molar-refractivity contribution in [1.29, 1.82) is 0 Å². The molecule has 2 heterocycles. The first-order valence-corrected chi connectivity index (χ1v) is 14.8.